The van der Waals surface area contributed by atoms with E-state index in [2.05, 4.69) is 13.8 Å². The monoisotopic (exact) mass is 159 g/mol. The number of aliphatic hydroxyl groups is 1. The van der Waals surface area contributed by atoms with Crippen molar-refractivity contribution in [1.29, 1.82) is 0 Å². The average molecular weight is 159 g/mol. The van der Waals surface area contributed by atoms with Gasteiger partial charge in [-0.1, -0.05) is 27.2 Å². The van der Waals surface area contributed by atoms with Crippen molar-refractivity contribution < 1.29 is 5.11 Å². The Balaban J connectivity index is 3.70. The van der Waals surface area contributed by atoms with Crippen molar-refractivity contribution in [2.45, 2.75) is 39.7 Å². The molecule has 0 amide bonds. The summed E-state index contributed by atoms with van der Waals surface area (Å²) in [6, 6.07) is 0. The minimum absolute atomic E-state index is 0.222. The van der Waals surface area contributed by atoms with E-state index in [9.17, 15) is 5.11 Å². The van der Waals surface area contributed by atoms with Gasteiger partial charge in [-0.3, -0.25) is 0 Å². The van der Waals surface area contributed by atoms with Gasteiger partial charge in [0.25, 0.3) is 0 Å². The fraction of sp³-hybridized carbons (Fsp3) is 1.00. The second-order valence-electron chi connectivity index (χ2n) is 3.47. The van der Waals surface area contributed by atoms with E-state index in [-0.39, 0.29) is 12.0 Å². The number of nitrogens with two attached hydrogens (primary N) is 1. The molecular weight excluding hydrogens is 138 g/mol. The molecule has 2 heteroatoms. The molecule has 3 N–H and O–H groups in total. The van der Waals surface area contributed by atoms with Gasteiger partial charge in [0.1, 0.15) is 0 Å². The third kappa shape index (κ3) is 3.73. The second-order valence-corrected chi connectivity index (χ2v) is 3.47. The Hall–Kier alpha value is -0.0800. The van der Waals surface area contributed by atoms with Crippen LogP contribution >= 0.6 is 0 Å². The molecule has 0 aromatic rings. The van der Waals surface area contributed by atoms with Gasteiger partial charge < -0.3 is 10.8 Å². The average Bonchev–Trinajstić information content (AvgIpc) is 2.02. The van der Waals surface area contributed by atoms with E-state index in [1.807, 2.05) is 6.92 Å². The van der Waals surface area contributed by atoms with Gasteiger partial charge >= 0.3 is 0 Å². The Kier molecular flexibility index (Phi) is 5.51. The number of hydrogen-bond donors (Lipinski definition) is 2. The van der Waals surface area contributed by atoms with Crippen LogP contribution in [0.5, 0.6) is 0 Å². The minimum atomic E-state index is -0.222. The van der Waals surface area contributed by atoms with Gasteiger partial charge in [0.05, 0.1) is 6.10 Å². The van der Waals surface area contributed by atoms with Gasteiger partial charge in [0.2, 0.25) is 0 Å². The first-order chi connectivity index (χ1) is 5.13. The first-order valence-electron chi connectivity index (χ1n) is 4.51. The maximum Gasteiger partial charge on any atom is 0.0603 e. The lowest BCUT2D eigenvalue weighted by molar-refractivity contribution is 0.0642. The summed E-state index contributed by atoms with van der Waals surface area (Å²) in [7, 11) is 0. The molecule has 0 fully saturated rings. The van der Waals surface area contributed by atoms with Gasteiger partial charge in [-0.05, 0) is 24.8 Å². The molecule has 0 heterocycles. The highest BCUT2D eigenvalue weighted by atomic mass is 16.3. The van der Waals surface area contributed by atoms with Gasteiger partial charge in [0.15, 0.2) is 0 Å². The van der Waals surface area contributed by atoms with Crippen molar-refractivity contribution in [2.24, 2.45) is 17.6 Å². The van der Waals surface area contributed by atoms with Crippen molar-refractivity contribution >= 4 is 0 Å². The highest BCUT2D eigenvalue weighted by Gasteiger charge is 2.18. The predicted octanol–water partition coefficient (Wildman–Crippen LogP) is 1.38. The van der Waals surface area contributed by atoms with Crippen LogP contribution in [0.4, 0.5) is 0 Å². The van der Waals surface area contributed by atoms with Gasteiger partial charge in [-0.25, -0.2) is 0 Å². The largest absolute Gasteiger partial charge is 0.393 e. The Morgan fingerprint density at radius 1 is 1.27 bits per heavy atom. The molecule has 0 spiro atoms. The summed E-state index contributed by atoms with van der Waals surface area (Å²) in [6.07, 6.45) is 2.00. The van der Waals surface area contributed by atoms with E-state index in [1.54, 1.807) is 0 Å². The number of hydrogen-bond acceptors (Lipinski definition) is 2. The molecule has 0 aromatic carbocycles. The van der Waals surface area contributed by atoms with E-state index >= 15 is 0 Å². The molecule has 3 unspecified atom stereocenters. The molecule has 0 aromatic heterocycles. The first-order valence-corrected chi connectivity index (χ1v) is 4.51. The summed E-state index contributed by atoms with van der Waals surface area (Å²) in [5.74, 6) is 0.620. The van der Waals surface area contributed by atoms with E-state index in [4.69, 9.17) is 5.73 Å². The molecule has 3 atom stereocenters. The van der Waals surface area contributed by atoms with Crippen molar-refractivity contribution in [3.05, 3.63) is 0 Å². The molecule has 68 valence electrons. The zero-order valence-corrected chi connectivity index (χ0v) is 7.88. The van der Waals surface area contributed by atoms with Crippen LogP contribution in [0.2, 0.25) is 0 Å². The Labute approximate surface area is 69.8 Å². The highest BCUT2D eigenvalue weighted by Crippen LogP contribution is 2.16. The minimum Gasteiger partial charge on any atom is -0.393 e. The molecule has 0 radical (unpaired) electrons. The Morgan fingerprint density at radius 2 is 1.82 bits per heavy atom. The van der Waals surface area contributed by atoms with E-state index in [1.165, 1.54) is 0 Å². The van der Waals surface area contributed by atoms with Crippen LogP contribution in [0.1, 0.15) is 33.6 Å². The quantitative estimate of drug-likeness (QED) is 0.636. The van der Waals surface area contributed by atoms with E-state index in [0.717, 1.165) is 12.8 Å². The van der Waals surface area contributed by atoms with Crippen LogP contribution in [0.25, 0.3) is 0 Å². The van der Waals surface area contributed by atoms with Gasteiger partial charge in [-0.15, -0.1) is 0 Å². The topological polar surface area (TPSA) is 46.2 Å². The molecule has 0 aliphatic carbocycles. The normalized spacial score (nSPS) is 19.4. The summed E-state index contributed by atoms with van der Waals surface area (Å²) in [5, 5.41) is 9.64. The molecular formula is C9H21NO. The lowest BCUT2D eigenvalue weighted by atomic mass is 9.90. The fourth-order valence-corrected chi connectivity index (χ4v) is 1.33. The third-order valence-corrected chi connectivity index (χ3v) is 2.28. The molecule has 0 bridgehead atoms. The van der Waals surface area contributed by atoms with Crippen molar-refractivity contribution in [2.75, 3.05) is 6.54 Å². The molecule has 11 heavy (non-hydrogen) atoms. The van der Waals surface area contributed by atoms with E-state index < -0.39 is 0 Å². The fourth-order valence-electron chi connectivity index (χ4n) is 1.33. The molecule has 0 saturated carbocycles. The summed E-state index contributed by atoms with van der Waals surface area (Å²) in [5.41, 5.74) is 5.45. The zero-order chi connectivity index (χ0) is 8.85. The SMILES string of the molecule is CCCC(C)C(O)C(C)CN. The van der Waals surface area contributed by atoms with Crippen LogP contribution in [0.15, 0.2) is 0 Å². The van der Waals surface area contributed by atoms with Crippen molar-refractivity contribution in [3.63, 3.8) is 0 Å². The standard InChI is InChI=1S/C9H21NO/c1-4-5-7(2)9(11)8(3)6-10/h7-9,11H,4-6,10H2,1-3H3. The lowest BCUT2D eigenvalue weighted by Crippen LogP contribution is -2.30. The van der Waals surface area contributed by atoms with Crippen molar-refractivity contribution in [3.8, 4) is 0 Å². The molecule has 2 nitrogen and oxygen atoms in total. The molecule has 0 aliphatic heterocycles. The van der Waals surface area contributed by atoms with Crippen LogP contribution < -0.4 is 5.73 Å². The molecule has 0 aliphatic rings. The molecule has 0 saturated heterocycles. The van der Waals surface area contributed by atoms with Crippen LogP contribution in [0, 0.1) is 11.8 Å². The van der Waals surface area contributed by atoms with E-state index in [0.29, 0.717) is 12.5 Å². The van der Waals surface area contributed by atoms with Crippen molar-refractivity contribution in [1.82, 2.24) is 0 Å². The first kappa shape index (κ1) is 10.9. The zero-order valence-electron chi connectivity index (χ0n) is 7.88. The number of rotatable bonds is 5. The highest BCUT2D eigenvalue weighted by molar-refractivity contribution is 4.70. The maximum atomic E-state index is 9.64. The summed E-state index contributed by atoms with van der Waals surface area (Å²) in [6.45, 7) is 6.79. The van der Waals surface area contributed by atoms with Crippen LogP contribution in [0.3, 0.4) is 0 Å². The predicted molar refractivity (Wildman–Crippen MR) is 48.3 cm³/mol. The Morgan fingerprint density at radius 3 is 2.18 bits per heavy atom. The smallest absolute Gasteiger partial charge is 0.0603 e. The maximum absolute atomic E-state index is 9.64. The van der Waals surface area contributed by atoms with Gasteiger partial charge in [-0.2, -0.15) is 0 Å². The summed E-state index contributed by atoms with van der Waals surface area (Å²) < 4.78 is 0. The van der Waals surface area contributed by atoms with Crippen LogP contribution in [-0.4, -0.2) is 17.8 Å². The number of aliphatic hydroxyl groups excluding tert-OH is 1. The van der Waals surface area contributed by atoms with Crippen LogP contribution in [-0.2, 0) is 0 Å². The third-order valence-electron chi connectivity index (χ3n) is 2.28. The molecule has 0 rings (SSSR count). The lowest BCUT2D eigenvalue weighted by Gasteiger charge is -2.23. The summed E-state index contributed by atoms with van der Waals surface area (Å²) in [4.78, 5) is 0. The Bertz CT molecular complexity index is 95.6. The summed E-state index contributed by atoms with van der Waals surface area (Å²) >= 11 is 0. The van der Waals surface area contributed by atoms with Gasteiger partial charge in [0, 0.05) is 0 Å². The second kappa shape index (κ2) is 5.56.